The normalized spacial score (nSPS) is 16.9. The second kappa shape index (κ2) is 11.2. The van der Waals surface area contributed by atoms with Gasteiger partial charge in [0.05, 0.1) is 36.3 Å². The molecule has 1 atom stereocenters. The Hall–Kier alpha value is -3.96. The summed E-state index contributed by atoms with van der Waals surface area (Å²) in [5.41, 5.74) is 4.07. The van der Waals surface area contributed by atoms with E-state index < -0.39 is 5.97 Å². The topological polar surface area (TPSA) is 134 Å². The van der Waals surface area contributed by atoms with Crippen LogP contribution in [-0.4, -0.2) is 63.2 Å². The van der Waals surface area contributed by atoms with Crippen molar-refractivity contribution in [3.63, 3.8) is 0 Å². The van der Waals surface area contributed by atoms with Gasteiger partial charge < -0.3 is 20.5 Å². The van der Waals surface area contributed by atoms with Crippen LogP contribution < -0.4 is 15.4 Å². The van der Waals surface area contributed by atoms with Crippen LogP contribution >= 0.6 is 11.8 Å². The highest BCUT2D eigenvalue weighted by atomic mass is 32.2. The number of carbonyl (C=O) groups excluding carboxylic acids is 2. The van der Waals surface area contributed by atoms with Crippen LogP contribution in [0.5, 0.6) is 5.88 Å². The molecule has 0 radical (unpaired) electrons. The molecule has 2 aromatic heterocycles. The molecule has 38 heavy (non-hydrogen) atoms. The number of methoxy groups -OCH3 is 1. The smallest absolute Gasteiger partial charge is 0.317 e. The summed E-state index contributed by atoms with van der Waals surface area (Å²) in [5.74, 6) is -0.344. The first-order valence-corrected chi connectivity index (χ1v) is 13.2. The van der Waals surface area contributed by atoms with Gasteiger partial charge in [-0.15, -0.1) is 11.8 Å². The summed E-state index contributed by atoms with van der Waals surface area (Å²) in [6.45, 7) is 0.311. The number of hydrogen-bond donors (Lipinski definition) is 3. The maximum absolute atomic E-state index is 13.1. The molecule has 5 rings (SSSR count). The third kappa shape index (κ3) is 5.79. The van der Waals surface area contributed by atoms with Crippen LogP contribution in [0, 0.1) is 0 Å². The molecule has 2 aliphatic rings. The highest BCUT2D eigenvalue weighted by molar-refractivity contribution is 8.00. The number of carbonyl (C=O) groups is 3. The van der Waals surface area contributed by atoms with Gasteiger partial charge >= 0.3 is 5.97 Å². The SMILES string of the molecule is COc1ccc2nccc(NC(=O)C3=CC[C@H](N(CC(=O)O)Cc4ccc5c(c4)NC(=O)CS5)CC3)c2n1. The van der Waals surface area contributed by atoms with Gasteiger partial charge in [-0.05, 0) is 49.1 Å². The maximum Gasteiger partial charge on any atom is 0.317 e. The van der Waals surface area contributed by atoms with Gasteiger partial charge in [0.25, 0.3) is 5.91 Å². The molecular formula is C27H27N5O5S. The quantitative estimate of drug-likeness (QED) is 0.396. The van der Waals surface area contributed by atoms with Gasteiger partial charge in [0.2, 0.25) is 11.8 Å². The van der Waals surface area contributed by atoms with E-state index in [-0.39, 0.29) is 24.4 Å². The number of thioether (sulfide) groups is 1. The first-order valence-electron chi connectivity index (χ1n) is 12.2. The lowest BCUT2D eigenvalue weighted by atomic mass is 9.93. The highest BCUT2D eigenvalue weighted by Gasteiger charge is 2.26. The van der Waals surface area contributed by atoms with Crippen LogP contribution in [0.25, 0.3) is 11.0 Å². The van der Waals surface area contributed by atoms with Gasteiger partial charge in [-0.3, -0.25) is 24.3 Å². The summed E-state index contributed by atoms with van der Waals surface area (Å²) in [6, 6.07) is 11.0. The predicted octanol–water partition coefficient (Wildman–Crippen LogP) is 3.69. The number of rotatable bonds is 8. The van der Waals surface area contributed by atoms with Crippen LogP contribution in [0.1, 0.15) is 24.8 Å². The number of benzene rings is 1. The molecule has 11 heteroatoms. The number of amides is 2. The van der Waals surface area contributed by atoms with Gasteiger partial charge in [-0.2, -0.15) is 0 Å². The Bertz CT molecular complexity index is 1440. The molecule has 3 aromatic rings. The van der Waals surface area contributed by atoms with Gasteiger partial charge in [0.1, 0.15) is 5.52 Å². The Morgan fingerprint density at radius 2 is 2.13 bits per heavy atom. The standard InChI is InChI=1S/C27H27N5O5S/c1-37-24-9-7-19-26(31-24)20(10-11-28-19)30-27(36)17-3-5-18(6-4-17)32(14-25(34)35)13-16-2-8-22-21(12-16)29-23(33)15-38-22/h2-3,7-12,18H,4-6,13-15H2,1H3,(H,29,33)(H,34,35)(H,28,30,36)/t18-/m0/s1. The fraction of sp³-hybridized carbons (Fsp3) is 0.296. The molecule has 0 bridgehead atoms. The second-order valence-electron chi connectivity index (χ2n) is 9.16. The van der Waals surface area contributed by atoms with Gasteiger partial charge in [-0.1, -0.05) is 12.1 Å². The van der Waals surface area contributed by atoms with E-state index in [1.54, 1.807) is 24.4 Å². The Morgan fingerprint density at radius 1 is 1.26 bits per heavy atom. The molecule has 0 saturated carbocycles. The van der Waals surface area contributed by atoms with Crippen molar-refractivity contribution in [1.82, 2.24) is 14.9 Å². The van der Waals surface area contributed by atoms with Gasteiger partial charge in [-0.25, -0.2) is 4.98 Å². The average Bonchev–Trinajstić information content (AvgIpc) is 2.92. The summed E-state index contributed by atoms with van der Waals surface area (Å²) < 4.78 is 5.21. The van der Waals surface area contributed by atoms with Crippen molar-refractivity contribution >= 4 is 52.0 Å². The second-order valence-corrected chi connectivity index (χ2v) is 10.2. The molecular weight excluding hydrogens is 506 g/mol. The van der Waals surface area contributed by atoms with Crippen LogP contribution in [0.3, 0.4) is 0 Å². The Labute approximate surface area is 223 Å². The molecule has 0 spiro atoms. The molecule has 10 nitrogen and oxygen atoms in total. The third-order valence-corrected chi connectivity index (χ3v) is 7.68. The van der Waals surface area contributed by atoms with Crippen LogP contribution in [0.15, 0.2) is 59.1 Å². The number of pyridine rings is 2. The maximum atomic E-state index is 13.1. The number of carboxylic acids is 1. The summed E-state index contributed by atoms with van der Waals surface area (Å²) >= 11 is 1.49. The lowest BCUT2D eigenvalue weighted by Crippen LogP contribution is -2.40. The number of nitrogens with one attached hydrogen (secondary N) is 2. The van der Waals surface area contributed by atoms with Crippen molar-refractivity contribution in [3.8, 4) is 5.88 Å². The lowest BCUT2D eigenvalue weighted by Gasteiger charge is -2.33. The minimum atomic E-state index is -0.910. The fourth-order valence-electron chi connectivity index (χ4n) is 4.73. The van der Waals surface area contributed by atoms with Gasteiger partial charge in [0.15, 0.2) is 0 Å². The Balaban J connectivity index is 1.28. The molecule has 1 aliphatic heterocycles. The number of nitrogens with zero attached hydrogens (tertiary/aromatic N) is 3. The number of ether oxygens (including phenoxy) is 1. The van der Waals surface area contributed by atoms with E-state index in [2.05, 4.69) is 20.6 Å². The fourth-order valence-corrected chi connectivity index (χ4v) is 5.52. The molecule has 3 heterocycles. The van der Waals surface area contributed by atoms with E-state index in [0.717, 1.165) is 16.1 Å². The zero-order valence-electron chi connectivity index (χ0n) is 20.8. The van der Waals surface area contributed by atoms with Crippen LogP contribution in [-0.2, 0) is 20.9 Å². The van der Waals surface area contributed by atoms with E-state index in [9.17, 15) is 19.5 Å². The molecule has 1 aromatic carbocycles. The minimum Gasteiger partial charge on any atom is -0.481 e. The molecule has 0 fully saturated rings. The molecule has 196 valence electrons. The van der Waals surface area contributed by atoms with E-state index >= 15 is 0 Å². The Morgan fingerprint density at radius 3 is 2.89 bits per heavy atom. The monoisotopic (exact) mass is 533 g/mol. The van der Waals surface area contributed by atoms with E-state index in [1.807, 2.05) is 29.2 Å². The number of fused-ring (bicyclic) bond motifs is 2. The first kappa shape index (κ1) is 25.7. The average molecular weight is 534 g/mol. The largest absolute Gasteiger partial charge is 0.481 e. The number of carboxylic acid groups (broad SMARTS) is 1. The van der Waals surface area contributed by atoms with Crippen molar-refractivity contribution < 1.29 is 24.2 Å². The van der Waals surface area contributed by atoms with E-state index in [1.165, 1.54) is 18.9 Å². The van der Waals surface area contributed by atoms with Crippen molar-refractivity contribution in [2.24, 2.45) is 0 Å². The number of aliphatic carboxylic acids is 1. The molecule has 0 saturated heterocycles. The molecule has 2 amide bonds. The summed E-state index contributed by atoms with van der Waals surface area (Å²) in [6.07, 6.45) is 5.22. The van der Waals surface area contributed by atoms with Crippen molar-refractivity contribution in [1.29, 1.82) is 0 Å². The van der Waals surface area contributed by atoms with Crippen molar-refractivity contribution in [2.75, 3.05) is 30.0 Å². The first-order chi connectivity index (χ1) is 18.4. The van der Waals surface area contributed by atoms with Gasteiger partial charge in [0, 0.05) is 35.3 Å². The van der Waals surface area contributed by atoms with E-state index in [0.29, 0.717) is 59.7 Å². The van der Waals surface area contributed by atoms with Crippen LogP contribution in [0.4, 0.5) is 11.4 Å². The summed E-state index contributed by atoms with van der Waals surface area (Å²) in [4.78, 5) is 48.1. The third-order valence-electron chi connectivity index (χ3n) is 6.61. The minimum absolute atomic E-state index is 0.0321. The highest BCUT2D eigenvalue weighted by Crippen LogP contribution is 2.33. The number of hydrogen-bond acceptors (Lipinski definition) is 8. The molecule has 1 aliphatic carbocycles. The van der Waals surface area contributed by atoms with Crippen molar-refractivity contribution in [2.45, 2.75) is 36.7 Å². The number of anilines is 2. The summed E-state index contributed by atoms with van der Waals surface area (Å²) in [5, 5.41) is 15.4. The predicted molar refractivity (Wildman–Crippen MR) is 144 cm³/mol. The lowest BCUT2D eigenvalue weighted by molar-refractivity contribution is -0.139. The van der Waals surface area contributed by atoms with Crippen LogP contribution in [0.2, 0.25) is 0 Å². The summed E-state index contributed by atoms with van der Waals surface area (Å²) in [7, 11) is 1.53. The van der Waals surface area contributed by atoms with E-state index in [4.69, 9.17) is 4.74 Å². The zero-order valence-corrected chi connectivity index (χ0v) is 21.6. The Kier molecular flexibility index (Phi) is 7.57. The zero-order chi connectivity index (χ0) is 26.6. The number of aromatic nitrogens is 2. The van der Waals surface area contributed by atoms with Crippen molar-refractivity contribution in [3.05, 3.63) is 59.8 Å². The molecule has 0 unspecified atom stereocenters. The molecule has 3 N–H and O–H groups in total.